The van der Waals surface area contributed by atoms with Crippen LogP contribution in [0.15, 0.2) is 24.4 Å². The quantitative estimate of drug-likeness (QED) is 0.772. The molecule has 0 bridgehead atoms. The smallest absolute Gasteiger partial charge is 0.227 e. The van der Waals surface area contributed by atoms with Gasteiger partial charge in [0.2, 0.25) is 5.91 Å². The van der Waals surface area contributed by atoms with E-state index in [0.717, 1.165) is 21.9 Å². The van der Waals surface area contributed by atoms with E-state index in [1.165, 1.54) is 12.8 Å². The topological polar surface area (TPSA) is 94.5 Å². The van der Waals surface area contributed by atoms with E-state index in [4.69, 9.17) is 5.26 Å². The number of benzene rings is 1. The van der Waals surface area contributed by atoms with Crippen LogP contribution < -0.4 is 5.32 Å². The highest BCUT2D eigenvalue weighted by Gasteiger charge is 2.28. The largest absolute Gasteiger partial charge is 0.353 e. The number of rotatable bonds is 4. The summed E-state index contributed by atoms with van der Waals surface area (Å²) in [5.74, 6) is 1.22. The second-order valence-corrected chi connectivity index (χ2v) is 6.42. The number of imidazole rings is 1. The molecular weight excluding hydrogens is 302 g/mol. The lowest BCUT2D eigenvalue weighted by molar-refractivity contribution is -0.121. The number of fused-ring (bicyclic) bond motifs is 3. The molecule has 1 aliphatic carbocycles. The Balaban J connectivity index is 1.63. The highest BCUT2D eigenvalue weighted by molar-refractivity contribution is 6.02. The predicted octanol–water partition coefficient (Wildman–Crippen LogP) is 2.44. The summed E-state index contributed by atoms with van der Waals surface area (Å²) in [5, 5.41) is 12.9. The number of nitrogens with one attached hydrogen (secondary N) is 2. The van der Waals surface area contributed by atoms with E-state index in [9.17, 15) is 4.79 Å². The Kier molecular flexibility index (Phi) is 3.42. The zero-order valence-corrected chi connectivity index (χ0v) is 13.3. The van der Waals surface area contributed by atoms with Gasteiger partial charge in [-0.2, -0.15) is 5.26 Å². The Labute approximate surface area is 138 Å². The summed E-state index contributed by atoms with van der Waals surface area (Å²) < 4.78 is 0. The second-order valence-electron chi connectivity index (χ2n) is 6.42. The maximum atomic E-state index is 12.2. The summed E-state index contributed by atoms with van der Waals surface area (Å²) in [6.45, 7) is 2.05. The number of aromatic amines is 1. The summed E-state index contributed by atoms with van der Waals surface area (Å²) in [6, 6.07) is 7.69. The molecule has 6 heteroatoms. The third-order valence-electron chi connectivity index (χ3n) is 4.54. The predicted molar refractivity (Wildman–Crippen MR) is 90.1 cm³/mol. The number of nitriles is 1. The molecule has 0 spiro atoms. The summed E-state index contributed by atoms with van der Waals surface area (Å²) >= 11 is 0. The average Bonchev–Trinajstić information content (AvgIpc) is 3.34. The van der Waals surface area contributed by atoms with Crippen LogP contribution in [0, 0.1) is 17.2 Å². The van der Waals surface area contributed by atoms with Gasteiger partial charge < -0.3 is 10.3 Å². The van der Waals surface area contributed by atoms with Crippen LogP contribution in [-0.2, 0) is 11.2 Å². The molecule has 120 valence electrons. The molecule has 0 unspecified atom stereocenters. The number of nitrogens with zero attached hydrogens (tertiary/aromatic N) is 3. The molecule has 2 N–H and O–H groups in total. The molecule has 24 heavy (non-hydrogen) atoms. The number of H-pyrrole nitrogens is 1. The van der Waals surface area contributed by atoms with Gasteiger partial charge in [-0.15, -0.1) is 0 Å². The summed E-state index contributed by atoms with van der Waals surface area (Å²) in [6.07, 6.45) is 4.33. The van der Waals surface area contributed by atoms with Crippen molar-refractivity contribution in [3.63, 3.8) is 0 Å². The van der Waals surface area contributed by atoms with Gasteiger partial charge in [0.15, 0.2) is 0 Å². The molecule has 1 aromatic carbocycles. The maximum absolute atomic E-state index is 12.2. The Bertz CT molecular complexity index is 980. The van der Waals surface area contributed by atoms with E-state index >= 15 is 0 Å². The normalized spacial score (nSPS) is 15.3. The minimum absolute atomic E-state index is 0.0246. The SMILES string of the molecule is C[C@@H](NC(=O)Cc1nc2c(cnc3ccc(C#N)cc32)[nH]1)C1CC1. The van der Waals surface area contributed by atoms with E-state index in [1.54, 1.807) is 18.3 Å². The van der Waals surface area contributed by atoms with Gasteiger partial charge in [0, 0.05) is 11.4 Å². The molecule has 2 heterocycles. The van der Waals surface area contributed by atoms with Crippen molar-refractivity contribution >= 4 is 27.8 Å². The first-order valence-electron chi connectivity index (χ1n) is 8.11. The van der Waals surface area contributed by atoms with Crippen molar-refractivity contribution in [2.75, 3.05) is 0 Å². The number of hydrogen-bond donors (Lipinski definition) is 2. The third-order valence-corrected chi connectivity index (χ3v) is 4.54. The molecule has 1 fully saturated rings. The van der Waals surface area contributed by atoms with Crippen molar-refractivity contribution in [1.82, 2.24) is 20.3 Å². The number of aromatic nitrogens is 3. The molecule has 1 saturated carbocycles. The highest BCUT2D eigenvalue weighted by atomic mass is 16.1. The van der Waals surface area contributed by atoms with E-state index in [-0.39, 0.29) is 18.4 Å². The first kappa shape index (κ1) is 14.6. The van der Waals surface area contributed by atoms with Gasteiger partial charge in [-0.25, -0.2) is 4.98 Å². The van der Waals surface area contributed by atoms with Crippen molar-refractivity contribution in [1.29, 1.82) is 5.26 Å². The molecule has 1 amide bonds. The minimum Gasteiger partial charge on any atom is -0.353 e. The first-order valence-corrected chi connectivity index (χ1v) is 8.11. The molecular formula is C18H17N5O. The Morgan fingerprint density at radius 1 is 1.50 bits per heavy atom. The van der Waals surface area contributed by atoms with Crippen molar-refractivity contribution in [3.8, 4) is 6.07 Å². The zero-order chi connectivity index (χ0) is 16.7. The summed E-state index contributed by atoms with van der Waals surface area (Å²) in [4.78, 5) is 24.3. The zero-order valence-electron chi connectivity index (χ0n) is 13.3. The summed E-state index contributed by atoms with van der Waals surface area (Å²) in [5.41, 5.74) is 2.87. The van der Waals surface area contributed by atoms with E-state index < -0.39 is 0 Å². The first-order chi connectivity index (χ1) is 11.6. The standard InChI is InChI=1S/C18H17N5O/c1-10(12-3-4-12)21-17(24)7-16-22-15-9-20-14-5-2-11(8-19)6-13(14)18(15)23-16/h2,5-6,9-10,12H,3-4,7H2,1H3,(H,21,24)(H,22,23)/t10-/m1/s1. The Morgan fingerprint density at radius 2 is 2.33 bits per heavy atom. The van der Waals surface area contributed by atoms with Crippen molar-refractivity contribution < 1.29 is 4.79 Å². The van der Waals surface area contributed by atoms with Gasteiger partial charge in [-0.3, -0.25) is 9.78 Å². The van der Waals surface area contributed by atoms with Crippen molar-refractivity contribution in [2.45, 2.75) is 32.2 Å². The van der Waals surface area contributed by atoms with Crippen LogP contribution >= 0.6 is 0 Å². The van der Waals surface area contributed by atoms with Crippen LogP contribution in [0.4, 0.5) is 0 Å². The Morgan fingerprint density at radius 3 is 3.08 bits per heavy atom. The molecule has 1 atom stereocenters. The monoisotopic (exact) mass is 319 g/mol. The molecule has 1 aliphatic rings. The van der Waals surface area contributed by atoms with Crippen LogP contribution in [0.5, 0.6) is 0 Å². The van der Waals surface area contributed by atoms with Crippen LogP contribution in [0.1, 0.15) is 31.2 Å². The van der Waals surface area contributed by atoms with Gasteiger partial charge >= 0.3 is 0 Å². The molecule has 0 saturated heterocycles. The molecule has 2 aromatic heterocycles. The highest BCUT2D eigenvalue weighted by Crippen LogP contribution is 2.32. The van der Waals surface area contributed by atoms with Crippen LogP contribution in [0.25, 0.3) is 21.9 Å². The lowest BCUT2D eigenvalue weighted by Gasteiger charge is -2.11. The summed E-state index contributed by atoms with van der Waals surface area (Å²) in [7, 11) is 0. The van der Waals surface area contributed by atoms with Gasteiger partial charge in [0.1, 0.15) is 5.82 Å². The van der Waals surface area contributed by atoms with Gasteiger partial charge in [0.25, 0.3) is 0 Å². The lowest BCUT2D eigenvalue weighted by Crippen LogP contribution is -2.35. The molecule has 4 rings (SSSR count). The fraction of sp³-hybridized carbons (Fsp3) is 0.333. The van der Waals surface area contributed by atoms with E-state index in [0.29, 0.717) is 17.3 Å². The Hall–Kier alpha value is -2.94. The number of carbonyl (C=O) groups excluding carboxylic acids is 1. The molecule has 3 aromatic rings. The second kappa shape index (κ2) is 5.60. The van der Waals surface area contributed by atoms with Crippen LogP contribution in [-0.4, -0.2) is 26.9 Å². The fourth-order valence-corrected chi connectivity index (χ4v) is 3.03. The van der Waals surface area contributed by atoms with E-state index in [2.05, 4.69) is 33.3 Å². The molecule has 0 aliphatic heterocycles. The van der Waals surface area contributed by atoms with Crippen molar-refractivity contribution in [3.05, 3.63) is 35.8 Å². The van der Waals surface area contributed by atoms with Gasteiger partial charge in [-0.1, -0.05) is 0 Å². The third kappa shape index (κ3) is 2.69. The van der Waals surface area contributed by atoms with Gasteiger partial charge in [0.05, 0.1) is 40.8 Å². The number of amides is 1. The fourth-order valence-electron chi connectivity index (χ4n) is 3.03. The molecule has 6 nitrogen and oxygen atoms in total. The lowest BCUT2D eigenvalue weighted by atomic mass is 10.1. The van der Waals surface area contributed by atoms with Crippen LogP contribution in [0.2, 0.25) is 0 Å². The van der Waals surface area contributed by atoms with E-state index in [1.807, 2.05) is 6.07 Å². The minimum atomic E-state index is -0.0246. The average molecular weight is 319 g/mol. The number of hydrogen-bond acceptors (Lipinski definition) is 4. The van der Waals surface area contributed by atoms with Gasteiger partial charge in [-0.05, 0) is 43.9 Å². The number of carbonyl (C=O) groups is 1. The van der Waals surface area contributed by atoms with Crippen molar-refractivity contribution in [2.24, 2.45) is 5.92 Å². The number of pyridine rings is 1. The maximum Gasteiger partial charge on any atom is 0.227 e. The van der Waals surface area contributed by atoms with Crippen LogP contribution in [0.3, 0.4) is 0 Å². The molecule has 0 radical (unpaired) electrons.